The van der Waals surface area contributed by atoms with E-state index < -0.39 is 16.1 Å². The lowest BCUT2D eigenvalue weighted by atomic mass is 10.0. The molecular formula is C31H38N4O4S. The van der Waals surface area contributed by atoms with E-state index in [-0.39, 0.29) is 22.8 Å². The van der Waals surface area contributed by atoms with E-state index in [0.29, 0.717) is 30.5 Å². The maximum atomic E-state index is 13.8. The van der Waals surface area contributed by atoms with E-state index in [4.69, 9.17) is 0 Å². The van der Waals surface area contributed by atoms with Crippen LogP contribution in [0.4, 0.5) is 5.69 Å². The number of carbonyl (C=O) groups excluding carboxylic acids is 2. The van der Waals surface area contributed by atoms with E-state index in [2.05, 4.69) is 34.5 Å². The molecule has 2 heterocycles. The average molecular weight is 563 g/mol. The molecule has 2 aliphatic heterocycles. The predicted molar refractivity (Wildman–Crippen MR) is 158 cm³/mol. The van der Waals surface area contributed by atoms with Crippen molar-refractivity contribution >= 4 is 38.3 Å². The van der Waals surface area contributed by atoms with Crippen molar-refractivity contribution in [3.63, 3.8) is 0 Å². The maximum absolute atomic E-state index is 13.8. The van der Waals surface area contributed by atoms with Crippen molar-refractivity contribution in [3.05, 3.63) is 72.3 Å². The molecule has 2 fully saturated rings. The Bertz CT molecular complexity index is 1470. The van der Waals surface area contributed by atoms with E-state index in [1.54, 1.807) is 35.2 Å². The minimum atomic E-state index is -3.88. The summed E-state index contributed by atoms with van der Waals surface area (Å²) in [6, 6.07) is 20.2. The summed E-state index contributed by atoms with van der Waals surface area (Å²) in [5.74, 6) is -0.304. The van der Waals surface area contributed by atoms with Crippen LogP contribution in [0.15, 0.2) is 71.6 Å². The third-order valence-electron chi connectivity index (χ3n) is 8.27. The number of amides is 2. The molecule has 2 aliphatic rings. The molecule has 212 valence electrons. The zero-order valence-electron chi connectivity index (χ0n) is 23.3. The lowest BCUT2D eigenvalue weighted by Gasteiger charge is -2.38. The molecule has 0 aliphatic carbocycles. The van der Waals surface area contributed by atoms with Crippen LogP contribution in [0, 0.1) is 0 Å². The fraction of sp³-hybridized carbons (Fsp3) is 0.419. The number of likely N-dealkylation sites (tertiary alicyclic amines) is 1. The molecule has 40 heavy (non-hydrogen) atoms. The van der Waals surface area contributed by atoms with Gasteiger partial charge in [0, 0.05) is 57.3 Å². The number of benzene rings is 3. The number of sulfonamides is 1. The topological polar surface area (TPSA) is 90.0 Å². The average Bonchev–Trinajstić information content (AvgIpc) is 3.47. The fourth-order valence-electron chi connectivity index (χ4n) is 6.01. The highest BCUT2D eigenvalue weighted by molar-refractivity contribution is 7.89. The van der Waals surface area contributed by atoms with Crippen molar-refractivity contribution in [3.8, 4) is 0 Å². The van der Waals surface area contributed by atoms with Gasteiger partial charge in [0.1, 0.15) is 6.04 Å². The van der Waals surface area contributed by atoms with Crippen LogP contribution in [0.2, 0.25) is 0 Å². The van der Waals surface area contributed by atoms with Gasteiger partial charge in [-0.3, -0.25) is 9.59 Å². The number of rotatable bonds is 8. The summed E-state index contributed by atoms with van der Waals surface area (Å²) in [5, 5.41) is 4.27. The lowest BCUT2D eigenvalue weighted by Crippen LogP contribution is -2.52. The van der Waals surface area contributed by atoms with Gasteiger partial charge in [0.25, 0.3) is 0 Å². The monoisotopic (exact) mass is 562 g/mol. The van der Waals surface area contributed by atoms with Gasteiger partial charge in [-0.2, -0.15) is 4.31 Å². The van der Waals surface area contributed by atoms with Crippen LogP contribution >= 0.6 is 0 Å². The largest absolute Gasteiger partial charge is 0.341 e. The Hall–Kier alpha value is -3.27. The van der Waals surface area contributed by atoms with Crippen molar-refractivity contribution in [2.24, 2.45) is 0 Å². The van der Waals surface area contributed by atoms with E-state index >= 15 is 0 Å². The van der Waals surface area contributed by atoms with Gasteiger partial charge in [0.05, 0.1) is 4.90 Å². The number of nitrogens with one attached hydrogen (secondary N) is 1. The minimum Gasteiger partial charge on any atom is -0.341 e. The second kappa shape index (κ2) is 12.1. The third-order valence-corrected chi connectivity index (χ3v) is 10.2. The van der Waals surface area contributed by atoms with E-state index in [9.17, 15) is 18.0 Å². The number of likely N-dealkylation sites (N-methyl/N-ethyl adjacent to an activating group) is 1. The highest BCUT2D eigenvalue weighted by Gasteiger charge is 2.42. The quantitative estimate of drug-likeness (QED) is 0.446. The van der Waals surface area contributed by atoms with Crippen LogP contribution in [0.5, 0.6) is 0 Å². The summed E-state index contributed by atoms with van der Waals surface area (Å²) in [6.45, 7) is 4.63. The predicted octanol–water partition coefficient (Wildman–Crippen LogP) is 4.12. The molecule has 2 amide bonds. The van der Waals surface area contributed by atoms with Gasteiger partial charge >= 0.3 is 0 Å². The number of anilines is 1. The van der Waals surface area contributed by atoms with Gasteiger partial charge in [0.15, 0.2) is 0 Å². The molecule has 3 aromatic rings. The number of hydrogen-bond donors (Lipinski definition) is 1. The van der Waals surface area contributed by atoms with Crippen molar-refractivity contribution in [2.45, 2.75) is 56.0 Å². The van der Waals surface area contributed by atoms with Crippen molar-refractivity contribution in [1.29, 1.82) is 0 Å². The molecule has 0 unspecified atom stereocenters. The number of piperidine rings is 1. The molecule has 9 heteroatoms. The van der Waals surface area contributed by atoms with Crippen molar-refractivity contribution in [2.75, 3.05) is 38.5 Å². The summed E-state index contributed by atoms with van der Waals surface area (Å²) in [4.78, 5) is 29.6. The molecule has 0 spiro atoms. The Morgan fingerprint density at radius 2 is 1.70 bits per heavy atom. The van der Waals surface area contributed by atoms with E-state index in [0.717, 1.165) is 44.3 Å². The number of carbonyl (C=O) groups is 2. The molecule has 0 saturated carbocycles. The summed E-state index contributed by atoms with van der Waals surface area (Å²) >= 11 is 0. The number of nitrogens with zero attached hydrogens (tertiary/aromatic N) is 3. The highest BCUT2D eigenvalue weighted by atomic mass is 32.2. The van der Waals surface area contributed by atoms with Gasteiger partial charge in [0.2, 0.25) is 21.8 Å². The van der Waals surface area contributed by atoms with Gasteiger partial charge in [-0.15, -0.1) is 0 Å². The van der Waals surface area contributed by atoms with Crippen LogP contribution in [0.3, 0.4) is 0 Å². The molecule has 0 aromatic heterocycles. The van der Waals surface area contributed by atoms with E-state index in [1.807, 2.05) is 19.2 Å². The zero-order chi connectivity index (χ0) is 28.3. The smallest absolute Gasteiger partial charge is 0.243 e. The first-order valence-electron chi connectivity index (χ1n) is 14.1. The maximum Gasteiger partial charge on any atom is 0.243 e. The molecule has 0 radical (unpaired) electrons. The SMILES string of the molecule is CC(=O)Nc1cccc2cc(S(=O)(=O)N3CCC[C@H]3C(=O)N(C)C3CCN(CCc4ccccc4)CC3)ccc12. The Morgan fingerprint density at radius 3 is 2.42 bits per heavy atom. The first-order chi connectivity index (χ1) is 19.2. The van der Waals surface area contributed by atoms with Crippen LogP contribution in [0.1, 0.15) is 38.2 Å². The second-order valence-corrected chi connectivity index (χ2v) is 12.8. The van der Waals surface area contributed by atoms with Gasteiger partial charge in [-0.1, -0.05) is 48.5 Å². The molecule has 2 saturated heterocycles. The van der Waals surface area contributed by atoms with Crippen LogP contribution < -0.4 is 5.32 Å². The molecule has 5 rings (SSSR count). The summed E-state index contributed by atoms with van der Waals surface area (Å²) in [7, 11) is -2.05. The molecule has 1 atom stereocenters. The molecule has 0 bridgehead atoms. The first kappa shape index (κ1) is 28.3. The zero-order valence-corrected chi connectivity index (χ0v) is 24.1. The molecular weight excluding hydrogens is 524 g/mol. The lowest BCUT2D eigenvalue weighted by molar-refractivity contribution is -0.136. The molecule has 1 N–H and O–H groups in total. The summed E-state index contributed by atoms with van der Waals surface area (Å²) in [5.41, 5.74) is 1.97. The van der Waals surface area contributed by atoms with Crippen molar-refractivity contribution < 1.29 is 18.0 Å². The third kappa shape index (κ3) is 6.06. The normalized spacial score (nSPS) is 19.1. The number of fused-ring (bicyclic) bond motifs is 1. The summed E-state index contributed by atoms with van der Waals surface area (Å²) < 4.78 is 28.9. The van der Waals surface area contributed by atoms with E-state index in [1.165, 1.54) is 16.8 Å². The second-order valence-electron chi connectivity index (χ2n) is 10.9. The van der Waals surface area contributed by atoms with Gasteiger partial charge < -0.3 is 15.1 Å². The van der Waals surface area contributed by atoms with Crippen molar-refractivity contribution in [1.82, 2.24) is 14.1 Å². The first-order valence-corrected chi connectivity index (χ1v) is 15.5. The number of hydrogen-bond acceptors (Lipinski definition) is 5. The highest BCUT2D eigenvalue weighted by Crippen LogP contribution is 2.32. The Kier molecular flexibility index (Phi) is 8.54. The Labute approximate surface area is 237 Å². The van der Waals surface area contributed by atoms with Gasteiger partial charge in [-0.05, 0) is 61.3 Å². The fourth-order valence-corrected chi connectivity index (χ4v) is 7.69. The molecule has 8 nitrogen and oxygen atoms in total. The van der Waals surface area contributed by atoms with Gasteiger partial charge in [-0.25, -0.2) is 8.42 Å². The Balaban J connectivity index is 1.24. The standard InChI is InChI=1S/C31H38N4O4S/c1-23(36)32-29-11-6-10-25-22-27(13-14-28(25)29)40(38,39)35-18-7-12-30(35)31(37)33(2)26-16-20-34(21-17-26)19-15-24-8-4-3-5-9-24/h3-6,8-11,13-14,22,26,30H,7,12,15-21H2,1-2H3,(H,32,36)/t30-/m0/s1. The van der Waals surface area contributed by atoms with Crippen LogP contribution in [0.25, 0.3) is 10.8 Å². The van der Waals surface area contributed by atoms with Crippen LogP contribution in [-0.4, -0.2) is 79.6 Å². The van der Waals surface area contributed by atoms with Crippen LogP contribution in [-0.2, 0) is 26.0 Å². The minimum absolute atomic E-state index is 0.110. The Morgan fingerprint density at radius 1 is 0.950 bits per heavy atom. The molecule has 3 aromatic carbocycles. The summed E-state index contributed by atoms with van der Waals surface area (Å²) in [6.07, 6.45) is 3.97.